The second kappa shape index (κ2) is 27.9. The van der Waals surface area contributed by atoms with E-state index in [4.69, 9.17) is 9.47 Å². The number of likely N-dealkylation sites (tertiary alicyclic amines) is 1. The fourth-order valence-corrected chi connectivity index (χ4v) is 9.02. The zero-order valence-electron chi connectivity index (χ0n) is 39.7. The van der Waals surface area contributed by atoms with Gasteiger partial charge in [-0.05, 0) is 114 Å². The Hall–Kier alpha value is -3.33. The molecule has 1 saturated carbocycles. The van der Waals surface area contributed by atoms with Gasteiger partial charge in [0, 0.05) is 44.9 Å². The van der Waals surface area contributed by atoms with E-state index in [0.717, 1.165) is 61.8 Å². The number of unbranched alkanes of at least 4 members (excludes halogenated alkanes) is 2. The summed E-state index contributed by atoms with van der Waals surface area (Å²) in [4.78, 5) is 64.5. The summed E-state index contributed by atoms with van der Waals surface area (Å²) in [6.45, 7) is 13.2. The lowest BCUT2D eigenvalue weighted by molar-refractivity contribution is -0.205. The highest BCUT2D eigenvalue weighted by Gasteiger charge is 2.47. The molecule has 0 spiro atoms. The van der Waals surface area contributed by atoms with Crippen LogP contribution in [0.5, 0.6) is 0 Å². The molecule has 1 saturated heterocycles. The molecule has 0 radical (unpaired) electrons. The van der Waals surface area contributed by atoms with Crippen LogP contribution in [0.1, 0.15) is 145 Å². The van der Waals surface area contributed by atoms with Crippen LogP contribution in [0.3, 0.4) is 0 Å². The SMILES string of the molecule is COC1CC(C[C@@H](C)CCC(=O)[C@H](C)/C=C(\C)C(O)[C@@H](OC)C(=O)C(C)C[C@H](C)/C=C/C=C/C=C(\C)CCCCCC(C)C(O)(O)C(=O)C(=O)N2CCCCC2C(=O)O)CCC1O. The number of aliphatic carboxylic acids is 1. The lowest BCUT2D eigenvalue weighted by Crippen LogP contribution is -2.57. The van der Waals surface area contributed by atoms with E-state index in [1.54, 1.807) is 20.1 Å². The van der Waals surface area contributed by atoms with Gasteiger partial charge >= 0.3 is 5.97 Å². The fourth-order valence-electron chi connectivity index (χ4n) is 9.02. The smallest absolute Gasteiger partial charge is 0.326 e. The van der Waals surface area contributed by atoms with Gasteiger partial charge in [-0.1, -0.05) is 89.5 Å². The second-order valence-electron chi connectivity index (χ2n) is 18.9. The molecule has 5 N–H and O–H groups in total. The summed E-state index contributed by atoms with van der Waals surface area (Å²) in [5, 5.41) is 51.9. The molecule has 63 heavy (non-hydrogen) atoms. The van der Waals surface area contributed by atoms with Crippen LogP contribution in [0.15, 0.2) is 47.6 Å². The third kappa shape index (κ3) is 18.2. The quantitative estimate of drug-likeness (QED) is 0.0176. The average Bonchev–Trinajstić information content (AvgIpc) is 3.25. The van der Waals surface area contributed by atoms with Crippen LogP contribution >= 0.6 is 0 Å². The number of carboxylic acids is 1. The Balaban J connectivity index is 1.75. The van der Waals surface area contributed by atoms with Crippen molar-refractivity contribution < 1.29 is 59.0 Å². The first-order valence-corrected chi connectivity index (χ1v) is 23.4. The largest absolute Gasteiger partial charge is 0.480 e. The number of rotatable bonds is 28. The van der Waals surface area contributed by atoms with Crippen molar-refractivity contribution in [1.82, 2.24) is 4.90 Å². The van der Waals surface area contributed by atoms with Crippen molar-refractivity contribution in [2.45, 2.75) is 181 Å². The van der Waals surface area contributed by atoms with Crippen LogP contribution in [-0.2, 0) is 33.4 Å². The molecule has 1 heterocycles. The predicted molar refractivity (Wildman–Crippen MR) is 243 cm³/mol. The number of allylic oxidation sites excluding steroid dienone is 7. The van der Waals surface area contributed by atoms with E-state index in [1.165, 1.54) is 14.0 Å². The number of aliphatic hydroxyl groups is 4. The number of methoxy groups -OCH3 is 2. The normalized spacial score (nSPS) is 23.9. The van der Waals surface area contributed by atoms with Crippen LogP contribution in [0, 0.1) is 35.5 Å². The van der Waals surface area contributed by atoms with Crippen LogP contribution in [-0.4, -0.2) is 117 Å². The molecular formula is C50H81NO12. The minimum atomic E-state index is -2.87. The number of ether oxygens (including phenoxy) is 2. The van der Waals surface area contributed by atoms with Crippen molar-refractivity contribution in [3.8, 4) is 0 Å². The maximum atomic E-state index is 13.5. The fraction of sp³-hybridized carbons (Fsp3) is 0.740. The van der Waals surface area contributed by atoms with Gasteiger partial charge in [0.05, 0.1) is 12.2 Å². The molecule has 0 aromatic heterocycles. The zero-order valence-corrected chi connectivity index (χ0v) is 39.7. The van der Waals surface area contributed by atoms with Gasteiger partial charge in [-0.15, -0.1) is 0 Å². The maximum absolute atomic E-state index is 13.5. The highest BCUT2D eigenvalue weighted by atomic mass is 16.5. The first kappa shape index (κ1) is 55.8. The van der Waals surface area contributed by atoms with Gasteiger partial charge < -0.3 is 39.9 Å². The minimum Gasteiger partial charge on any atom is -0.480 e. The van der Waals surface area contributed by atoms with Gasteiger partial charge in [0.2, 0.25) is 5.79 Å². The molecule has 0 bridgehead atoms. The van der Waals surface area contributed by atoms with E-state index in [2.05, 4.69) is 6.92 Å². The summed E-state index contributed by atoms with van der Waals surface area (Å²) in [5.41, 5.74) is 1.69. The van der Waals surface area contributed by atoms with Gasteiger partial charge in [0.1, 0.15) is 24.0 Å². The van der Waals surface area contributed by atoms with Crippen molar-refractivity contribution in [3.63, 3.8) is 0 Å². The Bertz CT molecular complexity index is 1600. The summed E-state index contributed by atoms with van der Waals surface area (Å²) in [6, 6.07) is -1.14. The summed E-state index contributed by atoms with van der Waals surface area (Å²) < 4.78 is 11.0. The molecule has 0 aromatic rings. The van der Waals surface area contributed by atoms with E-state index in [1.807, 2.05) is 58.1 Å². The molecule has 2 fully saturated rings. The van der Waals surface area contributed by atoms with E-state index < -0.39 is 59.6 Å². The van der Waals surface area contributed by atoms with Crippen molar-refractivity contribution >= 4 is 29.2 Å². The Morgan fingerprint density at radius 2 is 1.57 bits per heavy atom. The topological polar surface area (TPSA) is 208 Å². The summed E-state index contributed by atoms with van der Waals surface area (Å²) in [5.74, 6) is -7.51. The maximum Gasteiger partial charge on any atom is 0.326 e. The molecule has 358 valence electrons. The Labute approximate surface area is 377 Å². The van der Waals surface area contributed by atoms with Crippen LogP contribution in [0.4, 0.5) is 0 Å². The molecule has 2 rings (SSSR count). The molecular weight excluding hydrogens is 807 g/mol. The van der Waals surface area contributed by atoms with E-state index in [9.17, 15) is 49.5 Å². The number of ketones is 3. The van der Waals surface area contributed by atoms with Crippen molar-refractivity contribution in [1.29, 1.82) is 0 Å². The minimum absolute atomic E-state index is 0.0786. The molecule has 7 unspecified atom stereocenters. The standard InChI is InChI=1S/C50H81NO12/c1-32(19-13-11-15-21-38(7)50(60,61)47(56)48(57)51-27-17-16-22-40(51)49(58)59)18-12-10-14-20-33(2)28-36(5)44(54)46(63-9)45(55)37(6)30-35(4)41(52)25-23-34(3)29-39-24-26-42(53)43(31-39)62-8/h10,12,14,18,20,30,33-36,38-40,42-43,45-46,53,55,60-61H,11,13,15-17,19,21-29,31H2,1-9H3,(H,58,59)/b12-10+,20-14+,32-18+,37-30+/t33-,34+,35-,36?,38?,39?,40?,42?,43?,45?,46+/m1/s1. The number of carbonyl (C=O) groups excluding carboxylic acids is 4. The Morgan fingerprint density at radius 1 is 0.873 bits per heavy atom. The number of aliphatic hydroxyl groups excluding tert-OH is 2. The Kier molecular flexibility index (Phi) is 24.7. The third-order valence-corrected chi connectivity index (χ3v) is 13.3. The van der Waals surface area contributed by atoms with E-state index in [0.29, 0.717) is 55.9 Å². The molecule has 1 aliphatic carbocycles. The number of hydrogen-bond donors (Lipinski definition) is 5. The lowest BCUT2D eigenvalue weighted by Gasteiger charge is -2.35. The second-order valence-corrected chi connectivity index (χ2v) is 18.9. The molecule has 2 aliphatic rings. The summed E-state index contributed by atoms with van der Waals surface area (Å²) in [7, 11) is 3.06. The molecule has 13 heteroatoms. The van der Waals surface area contributed by atoms with Gasteiger partial charge in [0.15, 0.2) is 5.78 Å². The van der Waals surface area contributed by atoms with Gasteiger partial charge in [0.25, 0.3) is 11.7 Å². The zero-order chi connectivity index (χ0) is 47.4. The molecule has 1 amide bonds. The van der Waals surface area contributed by atoms with Crippen molar-refractivity contribution in [2.24, 2.45) is 35.5 Å². The van der Waals surface area contributed by atoms with Crippen LogP contribution in [0.25, 0.3) is 0 Å². The van der Waals surface area contributed by atoms with Crippen LogP contribution in [0.2, 0.25) is 0 Å². The third-order valence-electron chi connectivity index (χ3n) is 13.3. The average molecular weight is 888 g/mol. The van der Waals surface area contributed by atoms with Crippen molar-refractivity contribution in [2.75, 3.05) is 20.8 Å². The van der Waals surface area contributed by atoms with Gasteiger partial charge in [-0.25, -0.2) is 4.79 Å². The van der Waals surface area contributed by atoms with Crippen LogP contribution < -0.4 is 0 Å². The summed E-state index contributed by atoms with van der Waals surface area (Å²) >= 11 is 0. The molecule has 13 nitrogen and oxygen atoms in total. The monoisotopic (exact) mass is 888 g/mol. The Morgan fingerprint density at radius 3 is 2.22 bits per heavy atom. The number of carbonyl (C=O) groups is 5. The number of hydrogen-bond acceptors (Lipinski definition) is 11. The van der Waals surface area contributed by atoms with Gasteiger partial charge in [-0.3, -0.25) is 19.2 Å². The summed E-state index contributed by atoms with van der Waals surface area (Å²) in [6.07, 6.45) is 18.9. The van der Waals surface area contributed by atoms with Gasteiger partial charge in [-0.2, -0.15) is 0 Å². The molecule has 0 aromatic carbocycles. The van der Waals surface area contributed by atoms with Crippen molar-refractivity contribution in [3.05, 3.63) is 47.6 Å². The first-order valence-electron chi connectivity index (χ1n) is 23.4. The lowest BCUT2D eigenvalue weighted by atomic mass is 9.79. The predicted octanol–water partition coefficient (Wildman–Crippen LogP) is 7.09. The number of piperidine rings is 1. The number of amides is 1. The van der Waals surface area contributed by atoms with E-state index in [-0.39, 0.29) is 42.5 Å². The molecule has 11 atom stereocenters. The number of nitrogens with zero attached hydrogens (tertiary/aromatic N) is 1. The van der Waals surface area contributed by atoms with E-state index >= 15 is 0 Å². The molecule has 1 aliphatic heterocycles. The number of carboxylic acid groups (broad SMARTS) is 1. The highest BCUT2D eigenvalue weighted by molar-refractivity contribution is 6.39. The highest BCUT2D eigenvalue weighted by Crippen LogP contribution is 2.33. The first-order chi connectivity index (χ1) is 29.7. The number of Topliss-reactive ketones (excluding diaryl/α,β-unsaturated/α-hetero) is 3.